The average molecular weight is 321 g/mol. The third-order valence-corrected chi connectivity index (χ3v) is 3.59. The molecule has 0 amide bonds. The lowest BCUT2D eigenvalue weighted by atomic mass is 10.1. The Kier molecular flexibility index (Phi) is 3.57. The van der Waals surface area contributed by atoms with Crippen molar-refractivity contribution in [2.24, 2.45) is 0 Å². The third kappa shape index (κ3) is 1.99. The second-order valence-corrected chi connectivity index (χ2v) is 4.70. The third-order valence-electron chi connectivity index (χ3n) is 2.28. The molecule has 2 nitrogen and oxygen atoms in total. The van der Waals surface area contributed by atoms with Crippen molar-refractivity contribution in [3.8, 4) is 5.75 Å². The molecule has 1 heterocycles. The van der Waals surface area contributed by atoms with Crippen LogP contribution in [-0.4, -0.2) is 12.1 Å². The van der Waals surface area contributed by atoms with Gasteiger partial charge in [-0.25, -0.2) is 4.98 Å². The van der Waals surface area contributed by atoms with Gasteiger partial charge in [0.15, 0.2) is 0 Å². The first-order chi connectivity index (χ1) is 7.67. The SMILES string of the molecule is COc1ccc(Br)c2cc(CCl)c(Cl)nc12. The molecule has 0 spiro atoms. The maximum absolute atomic E-state index is 6.02. The number of fused-ring (bicyclic) bond motifs is 1. The summed E-state index contributed by atoms with van der Waals surface area (Å²) in [6.07, 6.45) is 0. The highest BCUT2D eigenvalue weighted by Crippen LogP contribution is 2.33. The van der Waals surface area contributed by atoms with Crippen molar-refractivity contribution >= 4 is 50.0 Å². The van der Waals surface area contributed by atoms with Gasteiger partial charge in [0.05, 0.1) is 13.0 Å². The summed E-state index contributed by atoms with van der Waals surface area (Å²) in [6.45, 7) is 0. The molecule has 0 aliphatic heterocycles. The van der Waals surface area contributed by atoms with E-state index in [0.29, 0.717) is 16.8 Å². The fourth-order valence-corrected chi connectivity index (χ4v) is 2.39. The number of methoxy groups -OCH3 is 1. The van der Waals surface area contributed by atoms with Crippen LogP contribution in [0, 0.1) is 0 Å². The number of benzene rings is 1. The molecule has 0 saturated heterocycles. The molecule has 0 radical (unpaired) electrons. The summed E-state index contributed by atoms with van der Waals surface area (Å²) < 4.78 is 6.18. The van der Waals surface area contributed by atoms with Crippen LogP contribution in [0.2, 0.25) is 5.15 Å². The van der Waals surface area contributed by atoms with Gasteiger partial charge in [0.2, 0.25) is 0 Å². The van der Waals surface area contributed by atoms with E-state index < -0.39 is 0 Å². The van der Waals surface area contributed by atoms with E-state index in [1.807, 2.05) is 18.2 Å². The Bertz CT molecular complexity index is 545. The number of rotatable bonds is 2. The quantitative estimate of drug-likeness (QED) is 0.604. The molecule has 0 atom stereocenters. The van der Waals surface area contributed by atoms with Crippen molar-refractivity contribution in [2.75, 3.05) is 7.11 Å². The summed E-state index contributed by atoms with van der Waals surface area (Å²) in [5.74, 6) is 1.03. The Hall–Kier alpha value is -0.510. The van der Waals surface area contributed by atoms with E-state index in [4.69, 9.17) is 27.9 Å². The Morgan fingerprint density at radius 3 is 2.81 bits per heavy atom. The van der Waals surface area contributed by atoms with E-state index in [2.05, 4.69) is 20.9 Å². The van der Waals surface area contributed by atoms with Gasteiger partial charge in [-0.3, -0.25) is 0 Å². The van der Waals surface area contributed by atoms with Gasteiger partial charge in [-0.1, -0.05) is 27.5 Å². The van der Waals surface area contributed by atoms with Crippen molar-refractivity contribution in [1.29, 1.82) is 0 Å². The minimum absolute atomic E-state index is 0.339. The van der Waals surface area contributed by atoms with E-state index in [-0.39, 0.29) is 0 Å². The summed E-state index contributed by atoms with van der Waals surface area (Å²) in [5, 5.41) is 1.36. The molecule has 2 rings (SSSR count). The molecule has 1 aromatic carbocycles. The van der Waals surface area contributed by atoms with Crippen molar-refractivity contribution in [3.63, 3.8) is 0 Å². The first kappa shape index (κ1) is 12.0. The molecule has 2 aromatic rings. The minimum atomic E-state index is 0.339. The molecule has 0 aliphatic carbocycles. The number of ether oxygens (including phenoxy) is 1. The second kappa shape index (κ2) is 4.78. The van der Waals surface area contributed by atoms with Gasteiger partial charge in [0.1, 0.15) is 16.4 Å². The molecule has 84 valence electrons. The predicted octanol–water partition coefficient (Wildman–Crippen LogP) is 4.40. The predicted molar refractivity (Wildman–Crippen MR) is 70.6 cm³/mol. The van der Waals surface area contributed by atoms with Crippen LogP contribution >= 0.6 is 39.1 Å². The van der Waals surface area contributed by atoms with E-state index in [1.54, 1.807) is 7.11 Å². The second-order valence-electron chi connectivity index (χ2n) is 3.22. The first-order valence-corrected chi connectivity index (χ1v) is 6.25. The van der Waals surface area contributed by atoms with Crippen LogP contribution in [0.25, 0.3) is 10.9 Å². The molecule has 16 heavy (non-hydrogen) atoms. The Balaban J connectivity index is 2.82. The van der Waals surface area contributed by atoms with Gasteiger partial charge in [-0.2, -0.15) is 0 Å². The maximum atomic E-state index is 6.02. The smallest absolute Gasteiger partial charge is 0.145 e. The molecule has 0 N–H and O–H groups in total. The van der Waals surface area contributed by atoms with Crippen molar-refractivity contribution < 1.29 is 4.74 Å². The van der Waals surface area contributed by atoms with Gasteiger partial charge in [0.25, 0.3) is 0 Å². The largest absolute Gasteiger partial charge is 0.494 e. The van der Waals surface area contributed by atoms with Crippen LogP contribution in [0.5, 0.6) is 5.75 Å². The van der Waals surface area contributed by atoms with Gasteiger partial charge in [-0.15, -0.1) is 11.6 Å². The molecule has 5 heteroatoms. The summed E-state index contributed by atoms with van der Waals surface area (Å²) in [5.41, 5.74) is 1.54. The van der Waals surface area contributed by atoms with Crippen molar-refractivity contribution in [3.05, 3.63) is 33.4 Å². The Labute approximate surface area is 112 Å². The Morgan fingerprint density at radius 1 is 1.44 bits per heavy atom. The lowest BCUT2D eigenvalue weighted by molar-refractivity contribution is 0.419. The normalized spacial score (nSPS) is 10.8. The number of aromatic nitrogens is 1. The first-order valence-electron chi connectivity index (χ1n) is 4.55. The monoisotopic (exact) mass is 319 g/mol. The van der Waals surface area contributed by atoms with Crippen molar-refractivity contribution in [2.45, 2.75) is 5.88 Å². The van der Waals surface area contributed by atoms with Gasteiger partial charge < -0.3 is 4.74 Å². The molecule has 0 aliphatic rings. The van der Waals surface area contributed by atoms with Crippen LogP contribution in [-0.2, 0) is 5.88 Å². The number of halogens is 3. The van der Waals surface area contributed by atoms with E-state index in [0.717, 1.165) is 20.9 Å². The van der Waals surface area contributed by atoms with Gasteiger partial charge in [-0.05, 0) is 18.2 Å². The highest BCUT2D eigenvalue weighted by Gasteiger charge is 2.10. The number of nitrogens with zero attached hydrogens (tertiary/aromatic N) is 1. The molecule has 1 aromatic heterocycles. The summed E-state index contributed by atoms with van der Waals surface area (Å²) in [7, 11) is 1.60. The van der Waals surface area contributed by atoms with Crippen molar-refractivity contribution in [1.82, 2.24) is 4.98 Å². The molecular weight excluding hydrogens is 313 g/mol. The topological polar surface area (TPSA) is 22.1 Å². The summed E-state index contributed by atoms with van der Waals surface area (Å²) >= 11 is 15.3. The lowest BCUT2D eigenvalue weighted by Gasteiger charge is -2.08. The summed E-state index contributed by atoms with van der Waals surface area (Å²) in [4.78, 5) is 4.30. The highest BCUT2D eigenvalue weighted by molar-refractivity contribution is 9.10. The fraction of sp³-hybridized carbons (Fsp3) is 0.182. The Morgan fingerprint density at radius 2 is 2.19 bits per heavy atom. The van der Waals surface area contributed by atoms with E-state index in [9.17, 15) is 0 Å². The fourth-order valence-electron chi connectivity index (χ4n) is 1.48. The standard InChI is InChI=1S/C11H8BrCl2NO/c1-16-9-3-2-8(12)7-4-6(5-13)11(14)15-10(7)9/h2-4H,5H2,1H3. The van der Waals surface area contributed by atoms with Gasteiger partial charge >= 0.3 is 0 Å². The summed E-state index contributed by atoms with van der Waals surface area (Å²) in [6, 6.07) is 5.68. The number of pyridine rings is 1. The van der Waals surface area contributed by atoms with Crippen LogP contribution in [0.3, 0.4) is 0 Å². The molecular formula is C11H8BrCl2NO. The lowest BCUT2D eigenvalue weighted by Crippen LogP contribution is -1.92. The zero-order chi connectivity index (χ0) is 11.7. The maximum Gasteiger partial charge on any atom is 0.145 e. The van der Waals surface area contributed by atoms with Crippen LogP contribution < -0.4 is 4.74 Å². The molecule has 0 bridgehead atoms. The highest BCUT2D eigenvalue weighted by atomic mass is 79.9. The number of hydrogen-bond acceptors (Lipinski definition) is 2. The molecule has 0 fully saturated rings. The zero-order valence-electron chi connectivity index (χ0n) is 8.43. The molecule has 0 unspecified atom stereocenters. The van der Waals surface area contributed by atoms with Crippen LogP contribution in [0.4, 0.5) is 0 Å². The van der Waals surface area contributed by atoms with Crippen LogP contribution in [0.1, 0.15) is 5.56 Å². The van der Waals surface area contributed by atoms with Crippen LogP contribution in [0.15, 0.2) is 22.7 Å². The number of hydrogen-bond donors (Lipinski definition) is 0. The average Bonchev–Trinajstić information content (AvgIpc) is 2.29. The zero-order valence-corrected chi connectivity index (χ0v) is 11.5. The van der Waals surface area contributed by atoms with Gasteiger partial charge in [0, 0.05) is 15.4 Å². The number of alkyl halides is 1. The van der Waals surface area contributed by atoms with E-state index in [1.165, 1.54) is 0 Å². The minimum Gasteiger partial charge on any atom is -0.494 e. The van der Waals surface area contributed by atoms with E-state index >= 15 is 0 Å². The molecule has 0 saturated carbocycles.